The molecule has 0 aliphatic carbocycles. The molecule has 1 rings (SSSR count). The van der Waals surface area contributed by atoms with Gasteiger partial charge in [-0.05, 0) is 18.6 Å². The van der Waals surface area contributed by atoms with Gasteiger partial charge in [-0.2, -0.15) is 0 Å². The molecule has 0 aliphatic rings. The van der Waals surface area contributed by atoms with Crippen molar-refractivity contribution in [3.05, 3.63) is 30.3 Å². The van der Waals surface area contributed by atoms with E-state index < -0.39 is 15.3 Å². The molecule has 0 aromatic heterocycles. The fourth-order valence-corrected chi connectivity index (χ4v) is 2.28. The van der Waals surface area contributed by atoms with Gasteiger partial charge < -0.3 is 5.11 Å². The number of aliphatic hydroxyl groups excluding tert-OH is 1. The molecule has 1 unspecified atom stereocenters. The van der Waals surface area contributed by atoms with Crippen molar-refractivity contribution < 1.29 is 13.5 Å². The van der Waals surface area contributed by atoms with Crippen LogP contribution in [0.2, 0.25) is 0 Å². The van der Waals surface area contributed by atoms with Crippen LogP contribution in [-0.4, -0.2) is 19.0 Å². The van der Waals surface area contributed by atoms with E-state index in [0.717, 1.165) is 0 Å². The van der Waals surface area contributed by atoms with Gasteiger partial charge in [0, 0.05) is 0 Å². The molecule has 1 aromatic carbocycles. The molecule has 1 N–H and O–H groups in total. The van der Waals surface area contributed by atoms with E-state index in [1.165, 1.54) is 12.1 Å². The Balaban J connectivity index is 3.09. The van der Waals surface area contributed by atoms with Crippen LogP contribution in [0, 0.1) is 0 Å². The maximum absolute atomic E-state index is 11.5. The molecule has 0 fully saturated rings. The highest BCUT2D eigenvalue weighted by Crippen LogP contribution is 2.15. The van der Waals surface area contributed by atoms with Crippen LogP contribution in [0.15, 0.2) is 35.2 Å². The SMILES string of the molecule is CCC(O)S(=O)(=O)c1ccccc1. The zero-order valence-electron chi connectivity index (χ0n) is 7.34. The number of aliphatic hydroxyl groups is 1. The first-order chi connectivity index (χ1) is 6.09. The molecule has 72 valence electrons. The molecule has 0 aliphatic heterocycles. The molecule has 4 heteroatoms. The van der Waals surface area contributed by atoms with E-state index in [-0.39, 0.29) is 11.3 Å². The standard InChI is InChI=1S/C9H12O3S/c1-2-9(10)13(11,12)8-6-4-3-5-7-8/h3-7,9-10H,2H2,1H3. The Morgan fingerprint density at radius 3 is 2.31 bits per heavy atom. The predicted molar refractivity (Wildman–Crippen MR) is 49.9 cm³/mol. The maximum Gasteiger partial charge on any atom is 0.204 e. The average molecular weight is 200 g/mol. The third-order valence-corrected chi connectivity index (χ3v) is 3.76. The number of hydrogen-bond acceptors (Lipinski definition) is 3. The van der Waals surface area contributed by atoms with E-state index >= 15 is 0 Å². The average Bonchev–Trinajstić information content (AvgIpc) is 2.18. The molecule has 0 amide bonds. The van der Waals surface area contributed by atoms with E-state index in [9.17, 15) is 13.5 Å². The topological polar surface area (TPSA) is 54.4 Å². The molecule has 0 bridgehead atoms. The lowest BCUT2D eigenvalue weighted by Crippen LogP contribution is -2.19. The Morgan fingerprint density at radius 2 is 1.85 bits per heavy atom. The quantitative estimate of drug-likeness (QED) is 0.797. The van der Waals surface area contributed by atoms with Crippen LogP contribution in [-0.2, 0) is 9.84 Å². The van der Waals surface area contributed by atoms with Gasteiger partial charge in [0.1, 0.15) is 0 Å². The van der Waals surface area contributed by atoms with Gasteiger partial charge >= 0.3 is 0 Å². The summed E-state index contributed by atoms with van der Waals surface area (Å²) in [5, 5.41) is 9.25. The third kappa shape index (κ3) is 2.08. The van der Waals surface area contributed by atoms with Crippen molar-refractivity contribution >= 4 is 9.84 Å². The monoisotopic (exact) mass is 200 g/mol. The second kappa shape index (κ2) is 3.89. The van der Waals surface area contributed by atoms with Crippen LogP contribution in [0.25, 0.3) is 0 Å². The van der Waals surface area contributed by atoms with Crippen LogP contribution in [0.5, 0.6) is 0 Å². The van der Waals surface area contributed by atoms with Crippen LogP contribution in [0.3, 0.4) is 0 Å². The summed E-state index contributed by atoms with van der Waals surface area (Å²) in [6.07, 6.45) is 0.206. The largest absolute Gasteiger partial charge is 0.377 e. The molecule has 0 spiro atoms. The fraction of sp³-hybridized carbons (Fsp3) is 0.333. The number of benzene rings is 1. The van der Waals surface area contributed by atoms with E-state index in [1.54, 1.807) is 25.1 Å². The van der Waals surface area contributed by atoms with Crippen molar-refractivity contribution in [1.82, 2.24) is 0 Å². The minimum Gasteiger partial charge on any atom is -0.377 e. The zero-order valence-corrected chi connectivity index (χ0v) is 8.16. The summed E-state index contributed by atoms with van der Waals surface area (Å²) in [7, 11) is -3.53. The lowest BCUT2D eigenvalue weighted by molar-refractivity contribution is 0.244. The summed E-state index contributed by atoms with van der Waals surface area (Å²) >= 11 is 0. The first-order valence-corrected chi connectivity index (χ1v) is 5.60. The van der Waals surface area contributed by atoms with Crippen LogP contribution in [0.1, 0.15) is 13.3 Å². The number of hydrogen-bond donors (Lipinski definition) is 1. The number of rotatable bonds is 3. The van der Waals surface area contributed by atoms with Crippen molar-refractivity contribution in [3.63, 3.8) is 0 Å². The third-order valence-electron chi connectivity index (χ3n) is 1.78. The van der Waals surface area contributed by atoms with E-state index in [0.29, 0.717) is 0 Å². The van der Waals surface area contributed by atoms with Gasteiger partial charge in [-0.15, -0.1) is 0 Å². The minimum atomic E-state index is -3.53. The second-order valence-electron chi connectivity index (χ2n) is 2.72. The molecule has 13 heavy (non-hydrogen) atoms. The summed E-state index contributed by atoms with van der Waals surface area (Å²) in [4.78, 5) is 0.171. The van der Waals surface area contributed by atoms with Gasteiger partial charge in [0.15, 0.2) is 5.44 Å². The summed E-state index contributed by atoms with van der Waals surface area (Å²) in [6.45, 7) is 1.63. The van der Waals surface area contributed by atoms with Crippen molar-refractivity contribution in [2.45, 2.75) is 23.7 Å². The molecule has 3 nitrogen and oxygen atoms in total. The molecule has 0 heterocycles. The molecular weight excluding hydrogens is 188 g/mol. The van der Waals surface area contributed by atoms with Gasteiger partial charge in [-0.1, -0.05) is 25.1 Å². The van der Waals surface area contributed by atoms with Crippen molar-refractivity contribution in [2.24, 2.45) is 0 Å². The van der Waals surface area contributed by atoms with E-state index in [4.69, 9.17) is 0 Å². The van der Waals surface area contributed by atoms with Gasteiger partial charge in [-0.25, -0.2) is 8.42 Å². The summed E-state index contributed by atoms with van der Waals surface area (Å²) < 4.78 is 23.0. The molecular formula is C9H12O3S. The summed E-state index contributed by atoms with van der Waals surface area (Å²) in [5.41, 5.74) is -1.30. The molecule has 0 saturated carbocycles. The van der Waals surface area contributed by atoms with Crippen LogP contribution < -0.4 is 0 Å². The van der Waals surface area contributed by atoms with Gasteiger partial charge in [0.05, 0.1) is 4.90 Å². The predicted octanol–water partition coefficient (Wildman–Crippen LogP) is 1.19. The van der Waals surface area contributed by atoms with Crippen molar-refractivity contribution in [1.29, 1.82) is 0 Å². The second-order valence-corrected chi connectivity index (χ2v) is 4.83. The van der Waals surface area contributed by atoms with Crippen LogP contribution >= 0.6 is 0 Å². The molecule has 1 aromatic rings. The Bertz CT molecular complexity index is 356. The van der Waals surface area contributed by atoms with Gasteiger partial charge in [-0.3, -0.25) is 0 Å². The highest BCUT2D eigenvalue weighted by atomic mass is 32.2. The first kappa shape index (κ1) is 10.2. The Hall–Kier alpha value is -0.870. The van der Waals surface area contributed by atoms with Crippen molar-refractivity contribution in [3.8, 4) is 0 Å². The maximum atomic E-state index is 11.5. The normalized spacial score (nSPS) is 14.0. The van der Waals surface area contributed by atoms with Crippen molar-refractivity contribution in [2.75, 3.05) is 0 Å². The summed E-state index contributed by atoms with van der Waals surface area (Å²) in [5.74, 6) is 0. The lowest BCUT2D eigenvalue weighted by Gasteiger charge is -2.08. The molecule has 0 saturated heterocycles. The minimum absolute atomic E-state index is 0.171. The highest BCUT2D eigenvalue weighted by molar-refractivity contribution is 7.91. The Kier molecular flexibility index (Phi) is 3.06. The van der Waals surface area contributed by atoms with Gasteiger partial charge in [0.2, 0.25) is 9.84 Å². The van der Waals surface area contributed by atoms with Gasteiger partial charge in [0.25, 0.3) is 0 Å². The molecule has 1 atom stereocenters. The highest BCUT2D eigenvalue weighted by Gasteiger charge is 2.22. The zero-order chi connectivity index (χ0) is 9.90. The number of sulfone groups is 1. The lowest BCUT2D eigenvalue weighted by atomic mass is 10.4. The van der Waals surface area contributed by atoms with E-state index in [2.05, 4.69) is 0 Å². The Labute approximate surface area is 77.9 Å². The fourth-order valence-electron chi connectivity index (χ4n) is 0.987. The van der Waals surface area contributed by atoms with E-state index in [1.807, 2.05) is 0 Å². The smallest absolute Gasteiger partial charge is 0.204 e. The van der Waals surface area contributed by atoms with Crippen LogP contribution in [0.4, 0.5) is 0 Å². The Morgan fingerprint density at radius 1 is 1.31 bits per heavy atom. The molecule has 0 radical (unpaired) electrons. The first-order valence-electron chi connectivity index (χ1n) is 4.06. The summed E-state index contributed by atoms with van der Waals surface area (Å²) in [6, 6.07) is 7.96.